The summed E-state index contributed by atoms with van der Waals surface area (Å²) in [6.07, 6.45) is 2.30. The molecule has 1 N–H and O–H groups in total. The molecule has 2 atom stereocenters. The lowest BCUT2D eigenvalue weighted by atomic mass is 10.2. The van der Waals surface area contributed by atoms with Crippen LogP contribution in [0.2, 0.25) is 0 Å². The van der Waals surface area contributed by atoms with E-state index in [1.54, 1.807) is 0 Å². The zero-order chi connectivity index (χ0) is 6.69. The van der Waals surface area contributed by atoms with E-state index in [1.807, 2.05) is 7.05 Å². The van der Waals surface area contributed by atoms with Crippen molar-refractivity contribution in [3.8, 4) is 0 Å². The molecule has 0 bridgehead atoms. The first-order valence-corrected chi connectivity index (χ1v) is 4.74. The molecule has 1 heterocycles. The standard InChI is InChI=1S/C6H13NOS/c1-7-5-6-3-2-4-9(6)8/h6-7H,2-5H2,1H3. The van der Waals surface area contributed by atoms with E-state index in [1.165, 1.54) is 0 Å². The van der Waals surface area contributed by atoms with Crippen LogP contribution in [0.15, 0.2) is 0 Å². The third-order valence-electron chi connectivity index (χ3n) is 1.68. The Balaban J connectivity index is 2.31. The first-order valence-electron chi connectivity index (χ1n) is 3.36. The molecule has 1 aliphatic heterocycles. The van der Waals surface area contributed by atoms with E-state index in [-0.39, 0.29) is 0 Å². The fourth-order valence-corrected chi connectivity index (χ4v) is 2.74. The van der Waals surface area contributed by atoms with Crippen molar-refractivity contribution in [2.45, 2.75) is 18.1 Å². The lowest BCUT2D eigenvalue weighted by Gasteiger charge is -2.04. The Morgan fingerprint density at radius 1 is 1.78 bits per heavy atom. The van der Waals surface area contributed by atoms with E-state index in [2.05, 4.69) is 5.32 Å². The quantitative estimate of drug-likeness (QED) is 0.601. The highest BCUT2D eigenvalue weighted by Crippen LogP contribution is 2.14. The molecule has 1 aliphatic rings. The molecule has 9 heavy (non-hydrogen) atoms. The lowest BCUT2D eigenvalue weighted by molar-refractivity contribution is 0.661. The zero-order valence-corrected chi connectivity index (χ0v) is 6.54. The van der Waals surface area contributed by atoms with Crippen LogP contribution < -0.4 is 5.32 Å². The van der Waals surface area contributed by atoms with Crippen molar-refractivity contribution in [3.05, 3.63) is 0 Å². The van der Waals surface area contributed by atoms with Crippen molar-refractivity contribution < 1.29 is 4.21 Å². The summed E-state index contributed by atoms with van der Waals surface area (Å²) < 4.78 is 11.0. The summed E-state index contributed by atoms with van der Waals surface area (Å²) in [7, 11) is 1.39. The molecule has 0 saturated carbocycles. The molecule has 54 valence electrons. The molecule has 0 aliphatic carbocycles. The SMILES string of the molecule is CNCC1CCCS1=O. The molecule has 0 aromatic carbocycles. The van der Waals surface area contributed by atoms with Crippen LogP contribution in [0.4, 0.5) is 0 Å². The van der Waals surface area contributed by atoms with Gasteiger partial charge < -0.3 is 5.32 Å². The van der Waals surface area contributed by atoms with E-state index in [9.17, 15) is 4.21 Å². The van der Waals surface area contributed by atoms with Gasteiger partial charge in [0.2, 0.25) is 0 Å². The van der Waals surface area contributed by atoms with E-state index in [0.717, 1.165) is 25.1 Å². The predicted molar refractivity (Wildman–Crippen MR) is 40.0 cm³/mol. The molecule has 1 rings (SSSR count). The first-order chi connectivity index (χ1) is 4.34. The second-order valence-electron chi connectivity index (χ2n) is 2.41. The van der Waals surface area contributed by atoms with Gasteiger partial charge in [-0.2, -0.15) is 0 Å². The topological polar surface area (TPSA) is 29.1 Å². The van der Waals surface area contributed by atoms with Crippen molar-refractivity contribution >= 4 is 10.8 Å². The number of rotatable bonds is 2. The van der Waals surface area contributed by atoms with Gasteiger partial charge in [0.15, 0.2) is 0 Å². The average Bonchev–Trinajstić information content (AvgIpc) is 2.18. The van der Waals surface area contributed by atoms with Gasteiger partial charge in [-0.25, -0.2) is 0 Å². The van der Waals surface area contributed by atoms with Gasteiger partial charge in [0.1, 0.15) is 0 Å². The average molecular weight is 147 g/mol. The summed E-state index contributed by atoms with van der Waals surface area (Å²) in [4.78, 5) is 0. The van der Waals surface area contributed by atoms with Gasteiger partial charge in [0.25, 0.3) is 0 Å². The predicted octanol–water partition coefficient (Wildman–Crippen LogP) is 0.117. The lowest BCUT2D eigenvalue weighted by Crippen LogP contribution is -2.24. The molecule has 1 fully saturated rings. The summed E-state index contributed by atoms with van der Waals surface area (Å²) in [6, 6.07) is 0. The molecule has 0 aromatic rings. The minimum atomic E-state index is -0.523. The van der Waals surface area contributed by atoms with Crippen LogP contribution in [0, 0.1) is 0 Å². The minimum absolute atomic E-state index is 0.440. The Morgan fingerprint density at radius 3 is 3.00 bits per heavy atom. The van der Waals surface area contributed by atoms with Crippen LogP contribution in [0.25, 0.3) is 0 Å². The highest BCUT2D eigenvalue weighted by molar-refractivity contribution is 7.85. The largest absolute Gasteiger partial charge is 0.319 e. The molecule has 2 unspecified atom stereocenters. The van der Waals surface area contributed by atoms with Crippen LogP contribution in [-0.4, -0.2) is 28.8 Å². The van der Waals surface area contributed by atoms with Crippen molar-refractivity contribution in [3.63, 3.8) is 0 Å². The van der Waals surface area contributed by atoms with Crippen LogP contribution in [0.5, 0.6) is 0 Å². The van der Waals surface area contributed by atoms with Crippen molar-refractivity contribution in [1.82, 2.24) is 5.32 Å². The second kappa shape index (κ2) is 3.32. The van der Waals surface area contributed by atoms with Gasteiger partial charge in [-0.3, -0.25) is 4.21 Å². The maximum absolute atomic E-state index is 11.0. The summed E-state index contributed by atoms with van der Waals surface area (Å²) >= 11 is 0. The van der Waals surface area contributed by atoms with Gasteiger partial charge in [0, 0.05) is 28.3 Å². The normalized spacial score (nSPS) is 35.2. The fourth-order valence-electron chi connectivity index (χ4n) is 1.17. The van der Waals surface area contributed by atoms with Crippen LogP contribution in [0.3, 0.4) is 0 Å². The Hall–Kier alpha value is 0.110. The monoisotopic (exact) mass is 147 g/mol. The number of hydrogen-bond acceptors (Lipinski definition) is 2. The molecule has 3 heteroatoms. The minimum Gasteiger partial charge on any atom is -0.319 e. The maximum Gasteiger partial charge on any atom is 0.0472 e. The van der Waals surface area contributed by atoms with E-state index >= 15 is 0 Å². The molecular weight excluding hydrogens is 134 g/mol. The first kappa shape index (κ1) is 7.22. The van der Waals surface area contributed by atoms with E-state index in [0.29, 0.717) is 5.25 Å². The Morgan fingerprint density at radius 2 is 2.56 bits per heavy atom. The molecule has 0 spiro atoms. The Labute approximate surface area is 58.5 Å². The fraction of sp³-hybridized carbons (Fsp3) is 1.00. The summed E-state index contributed by atoms with van der Waals surface area (Å²) in [5.41, 5.74) is 0. The van der Waals surface area contributed by atoms with Crippen LogP contribution in [0.1, 0.15) is 12.8 Å². The van der Waals surface area contributed by atoms with Crippen LogP contribution in [-0.2, 0) is 10.8 Å². The Kier molecular flexibility index (Phi) is 2.66. The van der Waals surface area contributed by atoms with Crippen LogP contribution >= 0.6 is 0 Å². The van der Waals surface area contributed by atoms with Crippen molar-refractivity contribution in [2.24, 2.45) is 0 Å². The van der Waals surface area contributed by atoms with Gasteiger partial charge in [-0.1, -0.05) is 0 Å². The molecule has 0 radical (unpaired) electrons. The van der Waals surface area contributed by atoms with Gasteiger partial charge in [-0.05, 0) is 19.9 Å². The molecule has 0 amide bonds. The molecular formula is C6H13NOS. The zero-order valence-electron chi connectivity index (χ0n) is 5.72. The van der Waals surface area contributed by atoms with Gasteiger partial charge >= 0.3 is 0 Å². The molecule has 1 saturated heterocycles. The van der Waals surface area contributed by atoms with Gasteiger partial charge in [-0.15, -0.1) is 0 Å². The number of hydrogen-bond donors (Lipinski definition) is 1. The van der Waals surface area contributed by atoms with E-state index < -0.39 is 10.8 Å². The van der Waals surface area contributed by atoms with Crippen molar-refractivity contribution in [2.75, 3.05) is 19.3 Å². The highest BCUT2D eigenvalue weighted by Gasteiger charge is 2.21. The third kappa shape index (κ3) is 1.76. The molecule has 2 nitrogen and oxygen atoms in total. The summed E-state index contributed by atoms with van der Waals surface area (Å²) in [5, 5.41) is 3.49. The van der Waals surface area contributed by atoms with E-state index in [4.69, 9.17) is 0 Å². The Bertz CT molecular complexity index is 116. The second-order valence-corrected chi connectivity index (χ2v) is 4.24. The number of nitrogens with one attached hydrogen (secondary N) is 1. The highest BCUT2D eigenvalue weighted by atomic mass is 32.2. The smallest absolute Gasteiger partial charge is 0.0472 e. The third-order valence-corrected chi connectivity index (χ3v) is 3.51. The molecule has 0 aromatic heterocycles. The van der Waals surface area contributed by atoms with Crippen molar-refractivity contribution in [1.29, 1.82) is 0 Å². The van der Waals surface area contributed by atoms with Gasteiger partial charge in [0.05, 0.1) is 0 Å². The summed E-state index contributed by atoms with van der Waals surface area (Å²) in [5.74, 6) is 0.923. The summed E-state index contributed by atoms with van der Waals surface area (Å²) in [6.45, 7) is 0.923. The maximum atomic E-state index is 11.0.